The number of benzene rings is 1. The fourth-order valence-corrected chi connectivity index (χ4v) is 5.28. The van der Waals surface area contributed by atoms with Crippen LogP contribution >= 0.6 is 11.3 Å². The number of rotatable bonds is 5. The van der Waals surface area contributed by atoms with E-state index in [0.29, 0.717) is 22.8 Å². The third-order valence-electron chi connectivity index (χ3n) is 5.53. The minimum atomic E-state index is -0.488. The van der Waals surface area contributed by atoms with Crippen LogP contribution in [0.4, 0.5) is 5.69 Å². The van der Waals surface area contributed by atoms with E-state index in [0.717, 1.165) is 29.5 Å². The monoisotopic (exact) mass is 439 g/mol. The van der Waals surface area contributed by atoms with E-state index in [1.54, 1.807) is 47.5 Å². The van der Waals surface area contributed by atoms with Gasteiger partial charge in [-0.3, -0.25) is 4.79 Å². The van der Waals surface area contributed by atoms with Gasteiger partial charge in [-0.05, 0) is 43.4 Å². The highest BCUT2D eigenvalue weighted by Gasteiger charge is 2.22. The van der Waals surface area contributed by atoms with Gasteiger partial charge in [0, 0.05) is 10.9 Å². The number of methoxy groups -OCH3 is 2. The lowest BCUT2D eigenvalue weighted by molar-refractivity contribution is -0.117. The summed E-state index contributed by atoms with van der Waals surface area (Å²) in [7, 11) is 3.06. The van der Waals surface area contributed by atoms with E-state index in [2.05, 4.69) is 15.3 Å². The first-order valence-corrected chi connectivity index (χ1v) is 10.8. The summed E-state index contributed by atoms with van der Waals surface area (Å²) >= 11 is 1.67. The zero-order valence-electron chi connectivity index (χ0n) is 17.2. The molecule has 9 nitrogen and oxygen atoms in total. The Hall–Kier alpha value is -3.40. The molecular formula is C21H21N5O4S. The summed E-state index contributed by atoms with van der Waals surface area (Å²) in [6, 6.07) is 5.11. The minimum Gasteiger partial charge on any atom is -0.497 e. The van der Waals surface area contributed by atoms with Crippen LogP contribution in [0.5, 0.6) is 11.5 Å². The predicted molar refractivity (Wildman–Crippen MR) is 117 cm³/mol. The molecule has 1 aromatic carbocycles. The topological polar surface area (TPSA) is 99.8 Å². The van der Waals surface area contributed by atoms with Crippen molar-refractivity contribution in [2.75, 3.05) is 19.5 Å². The van der Waals surface area contributed by atoms with Gasteiger partial charge in [-0.25, -0.2) is 19.0 Å². The Balaban J connectivity index is 1.50. The summed E-state index contributed by atoms with van der Waals surface area (Å²) in [6.45, 7) is -0.208. The molecule has 1 aliphatic rings. The summed E-state index contributed by atoms with van der Waals surface area (Å²) in [5, 5.41) is 3.72. The lowest BCUT2D eigenvalue weighted by Crippen LogP contribution is -2.28. The SMILES string of the molecule is COc1ccc(OC)c(NC(=O)Cn2c(=O)nc3c4c5c(sc4ncn32)CCCC5)c1. The standard InChI is InChI=1S/C21H21N5O4S/c1-29-12-7-8-15(30-2)14(9-12)23-17(27)10-25-21(28)24-19-18-13-5-3-4-6-16(13)31-20(18)22-11-26(19)25/h7-9,11H,3-6,10H2,1-2H3,(H,23,27). The molecule has 0 radical (unpaired) electrons. The molecule has 1 aliphatic carbocycles. The molecule has 31 heavy (non-hydrogen) atoms. The normalized spacial score (nSPS) is 13.4. The third-order valence-corrected chi connectivity index (χ3v) is 6.73. The van der Waals surface area contributed by atoms with Crippen molar-refractivity contribution >= 4 is 38.8 Å². The van der Waals surface area contributed by atoms with E-state index in [-0.39, 0.29) is 12.5 Å². The summed E-state index contributed by atoms with van der Waals surface area (Å²) in [6.07, 6.45) is 5.86. The first kappa shape index (κ1) is 19.6. The van der Waals surface area contributed by atoms with E-state index < -0.39 is 5.69 Å². The van der Waals surface area contributed by atoms with Crippen LogP contribution in [0.25, 0.3) is 15.9 Å². The van der Waals surface area contributed by atoms with Crippen molar-refractivity contribution in [2.24, 2.45) is 0 Å². The molecule has 5 rings (SSSR count). The molecule has 0 unspecified atom stereocenters. The Kier molecular flexibility index (Phi) is 4.85. The number of hydrogen-bond donors (Lipinski definition) is 1. The number of anilines is 1. The number of carbonyl (C=O) groups is 1. The van der Waals surface area contributed by atoms with Crippen LogP contribution in [0.3, 0.4) is 0 Å². The number of amides is 1. The molecule has 0 aliphatic heterocycles. The minimum absolute atomic E-state index is 0.208. The summed E-state index contributed by atoms with van der Waals surface area (Å²) in [5.41, 5.74) is 1.77. The van der Waals surface area contributed by atoms with Gasteiger partial charge >= 0.3 is 5.69 Å². The number of fused-ring (bicyclic) bond motifs is 5. The number of nitrogens with zero attached hydrogens (tertiary/aromatic N) is 4. The Labute approximate surface area is 181 Å². The second kappa shape index (κ2) is 7.69. The molecule has 0 atom stereocenters. The average molecular weight is 439 g/mol. The van der Waals surface area contributed by atoms with Crippen LogP contribution in [0.15, 0.2) is 29.3 Å². The number of carbonyl (C=O) groups excluding carboxylic acids is 1. The summed E-state index contributed by atoms with van der Waals surface area (Å²) < 4.78 is 13.4. The molecule has 0 saturated heterocycles. The zero-order valence-corrected chi connectivity index (χ0v) is 18.0. The molecular weight excluding hydrogens is 418 g/mol. The van der Waals surface area contributed by atoms with Crippen LogP contribution in [0.2, 0.25) is 0 Å². The van der Waals surface area contributed by atoms with Crippen LogP contribution in [0, 0.1) is 0 Å². The highest BCUT2D eigenvalue weighted by molar-refractivity contribution is 7.19. The Morgan fingerprint density at radius 2 is 2.06 bits per heavy atom. The number of aryl methyl sites for hydroxylation is 2. The fourth-order valence-electron chi connectivity index (χ4n) is 4.05. The number of nitrogens with one attached hydrogen (secondary N) is 1. The van der Waals surface area contributed by atoms with Crippen molar-refractivity contribution < 1.29 is 14.3 Å². The molecule has 4 aromatic rings. The Morgan fingerprint density at radius 1 is 1.23 bits per heavy atom. The van der Waals surface area contributed by atoms with Crippen molar-refractivity contribution in [3.63, 3.8) is 0 Å². The third kappa shape index (κ3) is 3.32. The summed E-state index contributed by atoms with van der Waals surface area (Å²) in [5.74, 6) is 0.688. The summed E-state index contributed by atoms with van der Waals surface area (Å²) in [4.78, 5) is 36.4. The molecule has 160 valence electrons. The highest BCUT2D eigenvalue weighted by atomic mass is 32.1. The molecule has 3 aromatic heterocycles. The maximum Gasteiger partial charge on any atom is 0.365 e. The van der Waals surface area contributed by atoms with E-state index >= 15 is 0 Å². The molecule has 0 bridgehead atoms. The molecule has 1 N–H and O–H groups in total. The van der Waals surface area contributed by atoms with Gasteiger partial charge in [-0.1, -0.05) is 0 Å². The van der Waals surface area contributed by atoms with Gasteiger partial charge in [0.15, 0.2) is 5.65 Å². The van der Waals surface area contributed by atoms with Crippen LogP contribution in [-0.2, 0) is 24.2 Å². The Morgan fingerprint density at radius 3 is 2.87 bits per heavy atom. The van der Waals surface area contributed by atoms with Crippen LogP contribution in [-0.4, -0.2) is 39.3 Å². The fraction of sp³-hybridized carbons (Fsp3) is 0.333. The van der Waals surface area contributed by atoms with Crippen molar-refractivity contribution in [3.8, 4) is 11.5 Å². The Bertz CT molecular complexity index is 1370. The molecule has 0 fully saturated rings. The average Bonchev–Trinajstić information content (AvgIpc) is 3.31. The van der Waals surface area contributed by atoms with E-state index in [4.69, 9.17) is 9.47 Å². The van der Waals surface area contributed by atoms with Gasteiger partial charge in [-0.2, -0.15) is 4.98 Å². The van der Waals surface area contributed by atoms with Gasteiger partial charge in [0.25, 0.3) is 0 Å². The zero-order chi connectivity index (χ0) is 21.5. The first-order valence-electron chi connectivity index (χ1n) is 9.99. The molecule has 0 spiro atoms. The maximum atomic E-state index is 12.8. The van der Waals surface area contributed by atoms with Crippen LogP contribution in [0.1, 0.15) is 23.3 Å². The van der Waals surface area contributed by atoms with Crippen molar-refractivity contribution in [3.05, 3.63) is 45.5 Å². The molecule has 3 heterocycles. The highest BCUT2D eigenvalue weighted by Crippen LogP contribution is 2.36. The first-order chi connectivity index (χ1) is 15.1. The lowest BCUT2D eigenvalue weighted by atomic mass is 9.97. The maximum absolute atomic E-state index is 12.8. The number of hydrogen-bond acceptors (Lipinski definition) is 7. The smallest absolute Gasteiger partial charge is 0.365 e. The molecule has 10 heteroatoms. The predicted octanol–water partition coefficient (Wildman–Crippen LogP) is 2.64. The van der Waals surface area contributed by atoms with Crippen molar-refractivity contribution in [2.45, 2.75) is 32.2 Å². The quantitative estimate of drug-likeness (QED) is 0.513. The number of ether oxygens (including phenoxy) is 2. The van der Waals surface area contributed by atoms with E-state index in [1.165, 1.54) is 28.7 Å². The largest absolute Gasteiger partial charge is 0.497 e. The number of aromatic nitrogens is 4. The van der Waals surface area contributed by atoms with E-state index in [1.807, 2.05) is 0 Å². The molecule has 0 saturated carbocycles. The van der Waals surface area contributed by atoms with Gasteiger partial charge in [0.2, 0.25) is 5.91 Å². The van der Waals surface area contributed by atoms with Gasteiger partial charge < -0.3 is 14.8 Å². The second-order valence-electron chi connectivity index (χ2n) is 7.37. The van der Waals surface area contributed by atoms with Gasteiger partial charge in [0.05, 0.1) is 25.3 Å². The molecule has 1 amide bonds. The van der Waals surface area contributed by atoms with Gasteiger partial charge in [0.1, 0.15) is 29.2 Å². The van der Waals surface area contributed by atoms with Crippen LogP contribution < -0.4 is 20.5 Å². The van der Waals surface area contributed by atoms with Gasteiger partial charge in [-0.15, -0.1) is 11.3 Å². The lowest BCUT2D eigenvalue weighted by Gasteiger charge is -2.12. The van der Waals surface area contributed by atoms with E-state index in [9.17, 15) is 9.59 Å². The van der Waals surface area contributed by atoms with Crippen molar-refractivity contribution in [1.82, 2.24) is 19.2 Å². The second-order valence-corrected chi connectivity index (χ2v) is 8.45. The van der Waals surface area contributed by atoms with Crippen molar-refractivity contribution in [1.29, 1.82) is 0 Å². The number of thiophene rings is 1.